The van der Waals surface area contributed by atoms with Gasteiger partial charge in [0.1, 0.15) is 10.7 Å². The molecule has 0 aliphatic heterocycles. The SMILES string of the molecule is O=[N+]([O-])c1ccc(CNCc2cnc[nH]2)o1. The van der Waals surface area contributed by atoms with Crippen molar-refractivity contribution in [2.45, 2.75) is 13.1 Å². The number of furan rings is 1. The number of hydrogen-bond donors (Lipinski definition) is 2. The number of nitrogens with zero attached hydrogens (tertiary/aromatic N) is 2. The van der Waals surface area contributed by atoms with Crippen molar-refractivity contribution < 1.29 is 9.34 Å². The van der Waals surface area contributed by atoms with Gasteiger partial charge in [-0.2, -0.15) is 0 Å². The lowest BCUT2D eigenvalue weighted by molar-refractivity contribution is -0.402. The average Bonchev–Trinajstić information content (AvgIpc) is 2.87. The number of imidazole rings is 1. The topological polar surface area (TPSA) is 97.0 Å². The molecule has 2 rings (SSSR count). The zero-order valence-corrected chi connectivity index (χ0v) is 8.34. The molecule has 7 nitrogen and oxygen atoms in total. The lowest BCUT2D eigenvalue weighted by atomic mass is 10.4. The highest BCUT2D eigenvalue weighted by atomic mass is 16.6. The maximum Gasteiger partial charge on any atom is 0.433 e. The standard InChI is InChI=1S/C9H10N4O3/c14-13(15)9-2-1-8(16-9)5-10-3-7-4-11-6-12-7/h1-2,4,6,10H,3,5H2,(H,11,12). The molecule has 2 aromatic heterocycles. The minimum Gasteiger partial charge on any atom is -0.404 e. The van der Waals surface area contributed by atoms with E-state index < -0.39 is 4.92 Å². The third-order valence-corrected chi connectivity index (χ3v) is 2.00. The zero-order chi connectivity index (χ0) is 11.4. The lowest BCUT2D eigenvalue weighted by Crippen LogP contribution is -2.12. The van der Waals surface area contributed by atoms with Gasteiger partial charge < -0.3 is 14.7 Å². The molecule has 0 spiro atoms. The van der Waals surface area contributed by atoms with Crippen LogP contribution >= 0.6 is 0 Å². The van der Waals surface area contributed by atoms with Crippen LogP contribution in [0.15, 0.2) is 29.1 Å². The molecule has 0 radical (unpaired) electrons. The van der Waals surface area contributed by atoms with Crippen molar-refractivity contribution in [1.82, 2.24) is 15.3 Å². The van der Waals surface area contributed by atoms with Crippen molar-refractivity contribution in [3.05, 3.63) is 46.2 Å². The van der Waals surface area contributed by atoms with Crippen molar-refractivity contribution in [1.29, 1.82) is 0 Å². The van der Waals surface area contributed by atoms with Gasteiger partial charge in [-0.25, -0.2) is 4.98 Å². The highest BCUT2D eigenvalue weighted by molar-refractivity contribution is 5.17. The Balaban J connectivity index is 1.83. The van der Waals surface area contributed by atoms with E-state index in [9.17, 15) is 10.1 Å². The van der Waals surface area contributed by atoms with Crippen molar-refractivity contribution in [2.24, 2.45) is 0 Å². The Hall–Kier alpha value is -2.15. The van der Waals surface area contributed by atoms with E-state index in [-0.39, 0.29) is 5.88 Å². The molecule has 0 fully saturated rings. The molecule has 2 heterocycles. The Kier molecular flexibility index (Phi) is 2.97. The van der Waals surface area contributed by atoms with Gasteiger partial charge in [0.2, 0.25) is 0 Å². The van der Waals surface area contributed by atoms with Crippen LogP contribution in [0.1, 0.15) is 11.5 Å². The van der Waals surface area contributed by atoms with Gasteiger partial charge in [0.15, 0.2) is 0 Å². The molecule has 0 aliphatic rings. The van der Waals surface area contributed by atoms with Gasteiger partial charge in [-0.15, -0.1) is 0 Å². The van der Waals surface area contributed by atoms with Crippen LogP contribution in [0, 0.1) is 10.1 Å². The van der Waals surface area contributed by atoms with E-state index in [1.165, 1.54) is 6.07 Å². The highest BCUT2D eigenvalue weighted by Crippen LogP contribution is 2.15. The van der Waals surface area contributed by atoms with Gasteiger partial charge in [-0.1, -0.05) is 0 Å². The fourth-order valence-corrected chi connectivity index (χ4v) is 1.26. The Labute approximate surface area is 90.6 Å². The van der Waals surface area contributed by atoms with Crippen LogP contribution in [0.25, 0.3) is 0 Å². The predicted octanol–water partition coefficient (Wildman–Crippen LogP) is 1.20. The summed E-state index contributed by atoms with van der Waals surface area (Å²) >= 11 is 0. The molecule has 0 unspecified atom stereocenters. The monoisotopic (exact) mass is 222 g/mol. The molecule has 0 saturated heterocycles. The molecule has 0 aromatic carbocycles. The van der Waals surface area contributed by atoms with E-state index in [0.717, 1.165) is 5.69 Å². The smallest absolute Gasteiger partial charge is 0.404 e. The van der Waals surface area contributed by atoms with Crippen LogP contribution in [-0.2, 0) is 13.1 Å². The van der Waals surface area contributed by atoms with Gasteiger partial charge in [0.05, 0.1) is 18.9 Å². The first-order valence-electron chi connectivity index (χ1n) is 4.67. The first-order valence-corrected chi connectivity index (χ1v) is 4.67. The number of hydrogen-bond acceptors (Lipinski definition) is 5. The van der Waals surface area contributed by atoms with E-state index in [1.807, 2.05) is 0 Å². The van der Waals surface area contributed by atoms with E-state index >= 15 is 0 Å². The van der Waals surface area contributed by atoms with E-state index in [1.54, 1.807) is 18.6 Å². The minimum atomic E-state index is -0.557. The predicted molar refractivity (Wildman–Crippen MR) is 54.5 cm³/mol. The molecular weight excluding hydrogens is 212 g/mol. The molecule has 84 valence electrons. The molecule has 0 atom stereocenters. The highest BCUT2D eigenvalue weighted by Gasteiger charge is 2.11. The molecule has 0 aliphatic carbocycles. The summed E-state index contributed by atoms with van der Waals surface area (Å²) in [5.74, 6) is 0.296. The van der Waals surface area contributed by atoms with Crippen LogP contribution in [-0.4, -0.2) is 14.9 Å². The number of nitro groups is 1. The molecule has 0 amide bonds. The molecule has 2 aromatic rings. The van der Waals surface area contributed by atoms with Crippen molar-refractivity contribution in [3.8, 4) is 0 Å². The molecule has 7 heteroatoms. The summed E-state index contributed by atoms with van der Waals surface area (Å²) in [4.78, 5) is 16.6. The summed E-state index contributed by atoms with van der Waals surface area (Å²) in [6, 6.07) is 2.92. The second-order valence-electron chi connectivity index (χ2n) is 3.18. The Morgan fingerprint density at radius 3 is 3.00 bits per heavy atom. The Morgan fingerprint density at radius 2 is 2.38 bits per heavy atom. The summed E-state index contributed by atoms with van der Waals surface area (Å²) in [5.41, 5.74) is 0.945. The maximum absolute atomic E-state index is 10.4. The Bertz CT molecular complexity index is 463. The van der Waals surface area contributed by atoms with Gasteiger partial charge in [-0.05, 0) is 6.07 Å². The largest absolute Gasteiger partial charge is 0.433 e. The van der Waals surface area contributed by atoms with Crippen molar-refractivity contribution in [3.63, 3.8) is 0 Å². The van der Waals surface area contributed by atoms with E-state index in [4.69, 9.17) is 4.42 Å². The Morgan fingerprint density at radius 1 is 1.50 bits per heavy atom. The number of rotatable bonds is 5. The lowest BCUT2D eigenvalue weighted by Gasteiger charge is -1.98. The maximum atomic E-state index is 10.4. The third-order valence-electron chi connectivity index (χ3n) is 2.00. The van der Waals surface area contributed by atoms with Gasteiger partial charge in [0.25, 0.3) is 0 Å². The first-order chi connectivity index (χ1) is 7.75. The molecular formula is C9H10N4O3. The normalized spacial score (nSPS) is 10.5. The quantitative estimate of drug-likeness (QED) is 0.585. The van der Waals surface area contributed by atoms with Crippen LogP contribution in [0.2, 0.25) is 0 Å². The fraction of sp³-hybridized carbons (Fsp3) is 0.222. The summed E-state index contributed by atoms with van der Waals surface area (Å²) in [7, 11) is 0. The van der Waals surface area contributed by atoms with Gasteiger partial charge >= 0.3 is 5.88 Å². The van der Waals surface area contributed by atoms with E-state index in [0.29, 0.717) is 18.8 Å². The van der Waals surface area contributed by atoms with Crippen LogP contribution in [0.5, 0.6) is 0 Å². The van der Waals surface area contributed by atoms with Crippen LogP contribution in [0.4, 0.5) is 5.88 Å². The number of H-pyrrole nitrogens is 1. The summed E-state index contributed by atoms with van der Waals surface area (Å²) in [6.45, 7) is 1.04. The average molecular weight is 222 g/mol. The van der Waals surface area contributed by atoms with Gasteiger partial charge in [0, 0.05) is 18.4 Å². The molecule has 0 bridgehead atoms. The van der Waals surface area contributed by atoms with Crippen molar-refractivity contribution in [2.75, 3.05) is 0 Å². The summed E-state index contributed by atoms with van der Waals surface area (Å²) in [6.07, 6.45) is 3.30. The van der Waals surface area contributed by atoms with E-state index in [2.05, 4.69) is 15.3 Å². The number of aromatic nitrogens is 2. The fourth-order valence-electron chi connectivity index (χ4n) is 1.26. The first kappa shape index (κ1) is 10.4. The summed E-state index contributed by atoms with van der Waals surface area (Å²) < 4.78 is 4.98. The molecule has 16 heavy (non-hydrogen) atoms. The number of nitrogens with one attached hydrogen (secondary N) is 2. The second-order valence-corrected chi connectivity index (χ2v) is 3.18. The minimum absolute atomic E-state index is 0.238. The summed E-state index contributed by atoms with van der Waals surface area (Å²) in [5, 5.41) is 13.4. The third kappa shape index (κ3) is 2.45. The van der Waals surface area contributed by atoms with Crippen LogP contribution in [0.3, 0.4) is 0 Å². The second kappa shape index (κ2) is 4.58. The van der Waals surface area contributed by atoms with Crippen LogP contribution < -0.4 is 5.32 Å². The number of aromatic amines is 1. The zero-order valence-electron chi connectivity index (χ0n) is 8.34. The molecule has 2 N–H and O–H groups in total. The molecule has 0 saturated carbocycles. The van der Waals surface area contributed by atoms with Crippen molar-refractivity contribution >= 4 is 5.88 Å². The van der Waals surface area contributed by atoms with Gasteiger partial charge in [-0.3, -0.25) is 10.1 Å².